The van der Waals surface area contributed by atoms with Crippen molar-refractivity contribution in [2.24, 2.45) is 5.92 Å². The van der Waals surface area contributed by atoms with Crippen molar-refractivity contribution in [3.8, 4) is 0 Å². The highest BCUT2D eigenvalue weighted by Gasteiger charge is 2.12. The van der Waals surface area contributed by atoms with E-state index < -0.39 is 9.05 Å². The molecule has 0 spiro atoms. The summed E-state index contributed by atoms with van der Waals surface area (Å²) in [5.41, 5.74) is 0. The quantitative estimate of drug-likeness (QED) is 0.476. The first kappa shape index (κ1) is 14.2. The first-order valence-corrected chi connectivity index (χ1v) is 7.01. The fourth-order valence-electron chi connectivity index (χ4n) is 0.935. The molecule has 0 aromatic rings. The Balaban J connectivity index is 3.41. The molecule has 0 aliphatic rings. The molecule has 0 N–H and O–H groups in total. The van der Waals surface area contributed by atoms with E-state index in [1.54, 1.807) is 6.92 Å². The van der Waals surface area contributed by atoms with E-state index in [1.807, 2.05) is 6.92 Å². The third kappa shape index (κ3) is 10.2. The molecule has 0 bridgehead atoms. The highest BCUT2D eigenvalue weighted by atomic mass is 35.7. The Hall–Kier alpha value is 0.160. The molecule has 0 aliphatic heterocycles. The van der Waals surface area contributed by atoms with E-state index in [0.717, 1.165) is 0 Å². The summed E-state index contributed by atoms with van der Waals surface area (Å²) in [6, 6.07) is 0. The summed E-state index contributed by atoms with van der Waals surface area (Å²) in [5, 5.41) is 0. The summed E-state index contributed by atoms with van der Waals surface area (Å²) in [4.78, 5) is 0. The van der Waals surface area contributed by atoms with Gasteiger partial charge in [-0.2, -0.15) is 0 Å². The van der Waals surface area contributed by atoms with E-state index in [9.17, 15) is 8.42 Å². The van der Waals surface area contributed by atoms with Crippen molar-refractivity contribution in [2.75, 3.05) is 32.2 Å². The van der Waals surface area contributed by atoms with Crippen molar-refractivity contribution in [2.45, 2.75) is 13.8 Å². The first-order valence-electron chi connectivity index (χ1n) is 4.53. The van der Waals surface area contributed by atoms with Gasteiger partial charge in [0.25, 0.3) is 0 Å². The average Bonchev–Trinajstić information content (AvgIpc) is 2.00. The summed E-state index contributed by atoms with van der Waals surface area (Å²) >= 11 is 0. The third-order valence-electron chi connectivity index (χ3n) is 1.46. The smallest absolute Gasteiger partial charge is 0.232 e. The van der Waals surface area contributed by atoms with Crippen LogP contribution in [0.4, 0.5) is 0 Å². The summed E-state index contributed by atoms with van der Waals surface area (Å²) in [5.74, 6) is -0.137. The zero-order chi connectivity index (χ0) is 11.0. The second kappa shape index (κ2) is 7.45. The molecular formula is C8H17ClO4S. The van der Waals surface area contributed by atoms with Gasteiger partial charge in [-0.05, 0) is 12.8 Å². The number of hydrogen-bond acceptors (Lipinski definition) is 4. The van der Waals surface area contributed by atoms with Crippen molar-refractivity contribution in [1.29, 1.82) is 0 Å². The van der Waals surface area contributed by atoms with Crippen LogP contribution in [0.5, 0.6) is 0 Å². The minimum atomic E-state index is -3.41. The van der Waals surface area contributed by atoms with Crippen molar-refractivity contribution in [3.63, 3.8) is 0 Å². The van der Waals surface area contributed by atoms with Gasteiger partial charge in [-0.1, -0.05) is 6.92 Å². The van der Waals surface area contributed by atoms with Gasteiger partial charge in [0.2, 0.25) is 9.05 Å². The predicted molar refractivity (Wildman–Crippen MR) is 56.1 cm³/mol. The molecule has 0 fully saturated rings. The standard InChI is InChI=1S/C8H17ClO4S/c1-3-12-4-5-13-6-8(2)7-14(9,10)11/h8H,3-7H2,1-2H3. The SMILES string of the molecule is CCOCCOCC(C)CS(=O)(=O)Cl. The Morgan fingerprint density at radius 2 is 1.86 bits per heavy atom. The topological polar surface area (TPSA) is 52.6 Å². The molecule has 0 aromatic heterocycles. The minimum absolute atomic E-state index is 0.0524. The van der Waals surface area contributed by atoms with Gasteiger partial charge in [-0.15, -0.1) is 0 Å². The number of hydrogen-bond donors (Lipinski definition) is 0. The van der Waals surface area contributed by atoms with Crippen LogP contribution in [0, 0.1) is 5.92 Å². The molecule has 0 amide bonds. The van der Waals surface area contributed by atoms with Crippen molar-refractivity contribution < 1.29 is 17.9 Å². The summed E-state index contributed by atoms with van der Waals surface area (Å²) in [7, 11) is 1.67. The Labute approximate surface area is 90.0 Å². The maximum atomic E-state index is 10.7. The van der Waals surface area contributed by atoms with E-state index in [0.29, 0.717) is 26.4 Å². The van der Waals surface area contributed by atoms with E-state index in [-0.39, 0.29) is 11.7 Å². The molecule has 6 heteroatoms. The lowest BCUT2D eigenvalue weighted by Crippen LogP contribution is -2.16. The van der Waals surface area contributed by atoms with Crippen molar-refractivity contribution in [3.05, 3.63) is 0 Å². The maximum Gasteiger partial charge on any atom is 0.232 e. The number of rotatable bonds is 8. The van der Waals surface area contributed by atoms with E-state index >= 15 is 0 Å². The lowest BCUT2D eigenvalue weighted by atomic mass is 10.2. The van der Waals surface area contributed by atoms with Gasteiger partial charge in [0, 0.05) is 17.3 Å². The number of halogens is 1. The largest absolute Gasteiger partial charge is 0.379 e. The molecule has 0 saturated heterocycles. The zero-order valence-electron chi connectivity index (χ0n) is 8.53. The molecule has 0 saturated carbocycles. The molecule has 0 aliphatic carbocycles. The maximum absolute atomic E-state index is 10.7. The molecule has 1 atom stereocenters. The Morgan fingerprint density at radius 1 is 1.29 bits per heavy atom. The predicted octanol–water partition coefficient (Wildman–Crippen LogP) is 1.24. The fourth-order valence-corrected chi connectivity index (χ4v) is 2.36. The van der Waals surface area contributed by atoms with Crippen LogP contribution in [0.3, 0.4) is 0 Å². The molecule has 14 heavy (non-hydrogen) atoms. The van der Waals surface area contributed by atoms with E-state index in [1.165, 1.54) is 0 Å². The first-order chi connectivity index (χ1) is 6.45. The van der Waals surface area contributed by atoms with E-state index in [2.05, 4.69) is 0 Å². The van der Waals surface area contributed by atoms with Crippen molar-refractivity contribution >= 4 is 19.7 Å². The lowest BCUT2D eigenvalue weighted by Gasteiger charge is -2.09. The summed E-state index contributed by atoms with van der Waals surface area (Å²) in [6.45, 7) is 5.76. The molecule has 0 rings (SSSR count). The van der Waals surface area contributed by atoms with Crippen LogP contribution in [-0.2, 0) is 18.5 Å². The molecule has 86 valence electrons. The normalized spacial score (nSPS) is 14.2. The Kier molecular flexibility index (Phi) is 7.54. The summed E-state index contributed by atoms with van der Waals surface area (Å²) < 4.78 is 31.6. The van der Waals surface area contributed by atoms with Crippen LogP contribution in [0.25, 0.3) is 0 Å². The molecular weight excluding hydrogens is 228 g/mol. The van der Waals surface area contributed by atoms with Gasteiger partial charge in [0.05, 0.1) is 25.6 Å². The second-order valence-corrected chi connectivity index (χ2v) is 5.90. The Morgan fingerprint density at radius 3 is 2.36 bits per heavy atom. The zero-order valence-corrected chi connectivity index (χ0v) is 10.1. The monoisotopic (exact) mass is 244 g/mol. The van der Waals surface area contributed by atoms with Gasteiger partial charge in [0.15, 0.2) is 0 Å². The fraction of sp³-hybridized carbons (Fsp3) is 1.00. The third-order valence-corrected chi connectivity index (χ3v) is 2.81. The Bertz CT molecular complexity index is 227. The molecule has 0 aromatic carbocycles. The van der Waals surface area contributed by atoms with E-state index in [4.69, 9.17) is 20.2 Å². The van der Waals surface area contributed by atoms with Gasteiger partial charge < -0.3 is 9.47 Å². The number of ether oxygens (including phenoxy) is 2. The van der Waals surface area contributed by atoms with Crippen LogP contribution in [0.2, 0.25) is 0 Å². The van der Waals surface area contributed by atoms with Gasteiger partial charge in [0.1, 0.15) is 0 Å². The average molecular weight is 245 g/mol. The van der Waals surface area contributed by atoms with Gasteiger partial charge in [-0.3, -0.25) is 0 Å². The van der Waals surface area contributed by atoms with Crippen LogP contribution in [0.15, 0.2) is 0 Å². The summed E-state index contributed by atoms with van der Waals surface area (Å²) in [6.07, 6.45) is 0. The highest BCUT2D eigenvalue weighted by molar-refractivity contribution is 8.13. The van der Waals surface area contributed by atoms with Crippen molar-refractivity contribution in [1.82, 2.24) is 0 Å². The van der Waals surface area contributed by atoms with Gasteiger partial charge >= 0.3 is 0 Å². The molecule has 0 heterocycles. The van der Waals surface area contributed by atoms with Crippen LogP contribution in [-0.4, -0.2) is 40.6 Å². The second-order valence-electron chi connectivity index (χ2n) is 3.08. The molecule has 1 unspecified atom stereocenters. The highest BCUT2D eigenvalue weighted by Crippen LogP contribution is 2.05. The molecule has 0 radical (unpaired) electrons. The van der Waals surface area contributed by atoms with Gasteiger partial charge in [-0.25, -0.2) is 8.42 Å². The minimum Gasteiger partial charge on any atom is -0.379 e. The van der Waals surface area contributed by atoms with Crippen LogP contribution in [0.1, 0.15) is 13.8 Å². The molecule has 4 nitrogen and oxygen atoms in total. The van der Waals surface area contributed by atoms with Crippen LogP contribution < -0.4 is 0 Å². The lowest BCUT2D eigenvalue weighted by molar-refractivity contribution is 0.0426. The van der Waals surface area contributed by atoms with Crippen LogP contribution >= 0.6 is 10.7 Å².